The minimum atomic E-state index is -4.50. The largest absolute Gasteiger partial charge is 0.416 e. The van der Waals surface area contributed by atoms with Crippen LogP contribution in [0, 0.1) is 0 Å². The monoisotopic (exact) mass is 441 g/mol. The zero-order valence-corrected chi connectivity index (χ0v) is 17.3. The summed E-state index contributed by atoms with van der Waals surface area (Å²) in [6.07, 6.45) is -4.50. The van der Waals surface area contributed by atoms with Crippen LogP contribution in [0.1, 0.15) is 22.8 Å². The fourth-order valence-corrected chi connectivity index (χ4v) is 3.13. The summed E-state index contributed by atoms with van der Waals surface area (Å²) in [5.41, 5.74) is 0.772. The molecule has 2 amide bonds. The second kappa shape index (κ2) is 10.00. The molecule has 5 nitrogen and oxygen atoms in total. The maximum atomic E-state index is 12.9. The Labute approximate surface area is 183 Å². The summed E-state index contributed by atoms with van der Waals surface area (Å²) in [7, 11) is 0. The van der Waals surface area contributed by atoms with Crippen molar-refractivity contribution < 1.29 is 22.8 Å². The molecule has 3 rings (SSSR count). The SMILES string of the molecule is CCN(C(=O)CNc1cccc(C(=O)Nc2cccc(C(F)(F)F)c2)c1)c1ccccc1. The molecular formula is C24H22F3N3O2. The number of hydrogen-bond donors (Lipinski definition) is 2. The molecule has 0 saturated carbocycles. The zero-order chi connectivity index (χ0) is 23.1. The van der Waals surface area contributed by atoms with Crippen LogP contribution in [-0.2, 0) is 11.0 Å². The van der Waals surface area contributed by atoms with Crippen LogP contribution in [0.25, 0.3) is 0 Å². The van der Waals surface area contributed by atoms with E-state index in [1.54, 1.807) is 17.0 Å². The van der Waals surface area contributed by atoms with Crippen LogP contribution in [0.2, 0.25) is 0 Å². The second-order valence-electron chi connectivity index (χ2n) is 6.94. The Bertz CT molecular complexity index is 1090. The molecule has 0 saturated heterocycles. The first-order valence-electron chi connectivity index (χ1n) is 9.96. The smallest absolute Gasteiger partial charge is 0.376 e. The average molecular weight is 441 g/mol. The van der Waals surface area contributed by atoms with E-state index in [1.807, 2.05) is 37.3 Å². The van der Waals surface area contributed by atoms with Crippen LogP contribution in [0.3, 0.4) is 0 Å². The first kappa shape index (κ1) is 22.9. The van der Waals surface area contributed by atoms with Crippen molar-refractivity contribution in [3.05, 3.63) is 90.0 Å². The van der Waals surface area contributed by atoms with Gasteiger partial charge in [-0.3, -0.25) is 9.59 Å². The molecule has 0 aliphatic rings. The first-order valence-corrected chi connectivity index (χ1v) is 9.96. The number of halogens is 3. The van der Waals surface area contributed by atoms with Crippen LogP contribution in [-0.4, -0.2) is 24.9 Å². The van der Waals surface area contributed by atoms with Gasteiger partial charge in [-0.25, -0.2) is 0 Å². The summed E-state index contributed by atoms with van der Waals surface area (Å²) in [5, 5.41) is 5.47. The molecular weight excluding hydrogens is 419 g/mol. The molecule has 3 aromatic carbocycles. The van der Waals surface area contributed by atoms with Crippen LogP contribution < -0.4 is 15.5 Å². The maximum absolute atomic E-state index is 12.9. The number of alkyl halides is 3. The number of carbonyl (C=O) groups is 2. The summed E-state index contributed by atoms with van der Waals surface area (Å²) in [5.74, 6) is -0.698. The number of nitrogens with one attached hydrogen (secondary N) is 2. The molecule has 0 radical (unpaired) electrons. The summed E-state index contributed by atoms with van der Waals surface area (Å²) in [6, 6.07) is 20.1. The van der Waals surface area contributed by atoms with Crippen LogP contribution in [0.4, 0.5) is 30.2 Å². The van der Waals surface area contributed by atoms with Crippen LogP contribution in [0.15, 0.2) is 78.9 Å². The standard InChI is InChI=1S/C24H22F3N3O2/c1-2-30(21-12-4-3-5-13-21)22(31)16-28-19-10-6-8-17(14-19)23(32)29-20-11-7-9-18(15-20)24(25,26)27/h3-15,28H,2,16H2,1H3,(H,29,32). The highest BCUT2D eigenvalue weighted by atomic mass is 19.4. The lowest BCUT2D eigenvalue weighted by Gasteiger charge is -2.21. The van der Waals surface area contributed by atoms with E-state index in [-0.39, 0.29) is 23.7 Å². The van der Waals surface area contributed by atoms with E-state index in [0.29, 0.717) is 12.2 Å². The van der Waals surface area contributed by atoms with Crippen LogP contribution >= 0.6 is 0 Å². The second-order valence-corrected chi connectivity index (χ2v) is 6.94. The van der Waals surface area contributed by atoms with E-state index in [1.165, 1.54) is 24.3 Å². The topological polar surface area (TPSA) is 61.4 Å². The third-order valence-corrected chi connectivity index (χ3v) is 4.70. The molecule has 0 aliphatic carbocycles. The van der Waals surface area contributed by atoms with E-state index < -0.39 is 17.6 Å². The van der Waals surface area contributed by atoms with Gasteiger partial charge < -0.3 is 15.5 Å². The number of nitrogens with zero attached hydrogens (tertiary/aromatic N) is 1. The number of hydrogen-bond acceptors (Lipinski definition) is 3. The van der Waals surface area contributed by atoms with Crippen molar-refractivity contribution in [2.75, 3.05) is 28.6 Å². The number of anilines is 3. The molecule has 0 bridgehead atoms. The molecule has 0 atom stereocenters. The number of carbonyl (C=O) groups excluding carboxylic acids is 2. The summed E-state index contributed by atoms with van der Waals surface area (Å²) >= 11 is 0. The Morgan fingerprint density at radius 1 is 0.875 bits per heavy atom. The number of rotatable bonds is 7. The van der Waals surface area contributed by atoms with Crippen molar-refractivity contribution in [3.63, 3.8) is 0 Å². The molecule has 166 valence electrons. The van der Waals surface area contributed by atoms with Gasteiger partial charge >= 0.3 is 6.18 Å². The number of para-hydroxylation sites is 1. The molecule has 0 aliphatic heterocycles. The van der Waals surface area contributed by atoms with Gasteiger partial charge in [0, 0.05) is 29.2 Å². The normalized spacial score (nSPS) is 11.0. The highest BCUT2D eigenvalue weighted by Gasteiger charge is 2.30. The van der Waals surface area contributed by atoms with E-state index in [2.05, 4.69) is 10.6 Å². The Hall–Kier alpha value is -3.81. The quantitative estimate of drug-likeness (QED) is 0.515. The molecule has 0 unspecified atom stereocenters. The molecule has 0 spiro atoms. The minimum Gasteiger partial charge on any atom is -0.376 e. The number of benzene rings is 3. The highest BCUT2D eigenvalue weighted by molar-refractivity contribution is 6.05. The van der Waals surface area contributed by atoms with Crippen molar-refractivity contribution in [1.29, 1.82) is 0 Å². The lowest BCUT2D eigenvalue weighted by atomic mass is 10.1. The fourth-order valence-electron chi connectivity index (χ4n) is 3.13. The van der Waals surface area contributed by atoms with Crippen molar-refractivity contribution in [2.45, 2.75) is 13.1 Å². The fraction of sp³-hybridized carbons (Fsp3) is 0.167. The van der Waals surface area contributed by atoms with E-state index in [9.17, 15) is 22.8 Å². The Morgan fingerprint density at radius 3 is 2.25 bits per heavy atom. The average Bonchev–Trinajstić information content (AvgIpc) is 2.79. The van der Waals surface area contributed by atoms with Gasteiger partial charge in [-0.2, -0.15) is 13.2 Å². The van der Waals surface area contributed by atoms with Crippen molar-refractivity contribution >= 4 is 28.9 Å². The Kier molecular flexibility index (Phi) is 7.14. The number of likely N-dealkylation sites (N-methyl/N-ethyl adjacent to an activating group) is 1. The van der Waals surface area contributed by atoms with E-state index in [4.69, 9.17) is 0 Å². The van der Waals surface area contributed by atoms with E-state index >= 15 is 0 Å². The maximum Gasteiger partial charge on any atom is 0.416 e. The predicted molar refractivity (Wildman–Crippen MR) is 119 cm³/mol. The Balaban J connectivity index is 1.65. The third-order valence-electron chi connectivity index (χ3n) is 4.70. The van der Waals surface area contributed by atoms with E-state index in [0.717, 1.165) is 17.8 Å². The molecule has 3 aromatic rings. The summed E-state index contributed by atoms with van der Waals surface area (Å²) in [4.78, 5) is 26.8. The van der Waals surface area contributed by atoms with Gasteiger partial charge in [-0.15, -0.1) is 0 Å². The highest BCUT2D eigenvalue weighted by Crippen LogP contribution is 2.30. The van der Waals surface area contributed by atoms with Crippen molar-refractivity contribution in [1.82, 2.24) is 0 Å². The lowest BCUT2D eigenvalue weighted by molar-refractivity contribution is -0.137. The molecule has 32 heavy (non-hydrogen) atoms. The minimum absolute atomic E-state index is 0.0153. The van der Waals surface area contributed by atoms with Crippen molar-refractivity contribution in [3.8, 4) is 0 Å². The Morgan fingerprint density at radius 2 is 1.56 bits per heavy atom. The third kappa shape index (κ3) is 5.87. The molecule has 0 aromatic heterocycles. The van der Waals surface area contributed by atoms with Gasteiger partial charge in [0.25, 0.3) is 5.91 Å². The molecule has 2 N–H and O–H groups in total. The summed E-state index contributed by atoms with van der Waals surface area (Å²) in [6.45, 7) is 2.40. The zero-order valence-electron chi connectivity index (χ0n) is 17.3. The summed E-state index contributed by atoms with van der Waals surface area (Å²) < 4.78 is 38.6. The molecule has 0 heterocycles. The van der Waals surface area contributed by atoms with Gasteiger partial charge in [-0.1, -0.05) is 30.3 Å². The van der Waals surface area contributed by atoms with Crippen LogP contribution in [0.5, 0.6) is 0 Å². The molecule has 0 fully saturated rings. The molecule has 8 heteroatoms. The van der Waals surface area contributed by atoms with Gasteiger partial charge in [-0.05, 0) is 55.5 Å². The van der Waals surface area contributed by atoms with Crippen molar-refractivity contribution in [2.24, 2.45) is 0 Å². The lowest BCUT2D eigenvalue weighted by Crippen LogP contribution is -2.35. The number of amides is 2. The van der Waals surface area contributed by atoms with Gasteiger partial charge in [0.15, 0.2) is 0 Å². The van der Waals surface area contributed by atoms with Gasteiger partial charge in [0.2, 0.25) is 5.91 Å². The van der Waals surface area contributed by atoms with Gasteiger partial charge in [0.1, 0.15) is 0 Å². The first-order chi connectivity index (χ1) is 15.3. The van der Waals surface area contributed by atoms with Gasteiger partial charge in [0.05, 0.1) is 12.1 Å². The predicted octanol–water partition coefficient (Wildman–Crippen LogP) is 5.42.